The minimum absolute atomic E-state index is 0.101. The van der Waals surface area contributed by atoms with Crippen LogP contribution in [0.2, 0.25) is 0 Å². The van der Waals surface area contributed by atoms with Gasteiger partial charge in [0.25, 0.3) is 5.91 Å². The molecule has 2 aromatic heterocycles. The zero-order valence-electron chi connectivity index (χ0n) is 15.4. The lowest BCUT2D eigenvalue weighted by Crippen LogP contribution is -2.44. The smallest absolute Gasteiger partial charge is 0.254 e. The lowest BCUT2D eigenvalue weighted by molar-refractivity contribution is 0.0595. The summed E-state index contributed by atoms with van der Waals surface area (Å²) in [7, 11) is 1.73. The van der Waals surface area contributed by atoms with E-state index in [9.17, 15) is 4.79 Å². The summed E-state index contributed by atoms with van der Waals surface area (Å²) in [6.07, 6.45) is 9.83. The van der Waals surface area contributed by atoms with E-state index in [-0.39, 0.29) is 11.9 Å². The predicted molar refractivity (Wildman–Crippen MR) is 99.8 cm³/mol. The molecule has 1 aliphatic rings. The lowest BCUT2D eigenvalue weighted by Gasteiger charge is -2.36. The monoisotopic (exact) mass is 365 g/mol. The van der Waals surface area contributed by atoms with Crippen molar-refractivity contribution in [1.29, 1.82) is 0 Å². The number of piperidine rings is 1. The molecule has 140 valence electrons. The van der Waals surface area contributed by atoms with Crippen molar-refractivity contribution in [2.24, 2.45) is 7.05 Å². The maximum absolute atomic E-state index is 13.1. The third kappa shape index (κ3) is 3.89. The first-order valence-corrected chi connectivity index (χ1v) is 9.32. The topological polar surface area (TPSA) is 81.7 Å². The van der Waals surface area contributed by atoms with Gasteiger partial charge in [-0.05, 0) is 43.0 Å². The minimum Gasteiger partial charge on any atom is -0.337 e. The second-order valence-corrected chi connectivity index (χ2v) is 6.92. The first kappa shape index (κ1) is 17.4. The summed E-state index contributed by atoms with van der Waals surface area (Å²) in [6, 6.07) is 7.75. The van der Waals surface area contributed by atoms with Gasteiger partial charge in [-0.25, -0.2) is 4.98 Å². The second-order valence-electron chi connectivity index (χ2n) is 6.92. The number of carbonyl (C=O) groups excluding carboxylic acids is 1. The van der Waals surface area contributed by atoms with Crippen molar-refractivity contribution < 1.29 is 4.79 Å². The molecule has 0 saturated carbocycles. The van der Waals surface area contributed by atoms with Gasteiger partial charge in [-0.15, -0.1) is 10.2 Å². The Bertz CT molecular complexity index is 885. The number of imidazole rings is 1. The van der Waals surface area contributed by atoms with Gasteiger partial charge in [-0.1, -0.05) is 12.1 Å². The van der Waals surface area contributed by atoms with Crippen LogP contribution < -0.4 is 0 Å². The van der Waals surface area contributed by atoms with Crippen LogP contribution in [-0.4, -0.2) is 53.2 Å². The number of likely N-dealkylation sites (tertiary alicyclic amines) is 1. The number of rotatable bonds is 5. The normalized spacial score (nSPS) is 17.2. The van der Waals surface area contributed by atoms with Crippen LogP contribution in [-0.2, 0) is 13.6 Å². The van der Waals surface area contributed by atoms with Gasteiger partial charge in [0.05, 0.1) is 13.4 Å². The third-order valence-electron chi connectivity index (χ3n) is 5.07. The number of hydrogen-bond donors (Lipinski definition) is 0. The van der Waals surface area contributed by atoms with Crippen molar-refractivity contribution in [3.8, 4) is 11.4 Å². The fourth-order valence-electron chi connectivity index (χ4n) is 3.61. The summed E-state index contributed by atoms with van der Waals surface area (Å²) >= 11 is 0. The first-order chi connectivity index (χ1) is 13.2. The molecular formula is C19H23N7O. The van der Waals surface area contributed by atoms with E-state index >= 15 is 0 Å². The van der Waals surface area contributed by atoms with Crippen molar-refractivity contribution in [3.05, 3.63) is 48.5 Å². The van der Waals surface area contributed by atoms with Crippen LogP contribution in [0.4, 0.5) is 0 Å². The van der Waals surface area contributed by atoms with Crippen molar-refractivity contribution >= 4 is 5.91 Å². The Morgan fingerprint density at radius 2 is 2.07 bits per heavy atom. The molecule has 8 nitrogen and oxygen atoms in total. The number of benzene rings is 1. The van der Waals surface area contributed by atoms with Gasteiger partial charge in [-0.2, -0.15) is 4.80 Å². The molecule has 1 atom stereocenters. The number of aryl methyl sites for hydroxylation is 2. The number of tetrazole rings is 1. The van der Waals surface area contributed by atoms with E-state index in [2.05, 4.69) is 25.0 Å². The van der Waals surface area contributed by atoms with Crippen molar-refractivity contribution in [1.82, 2.24) is 34.7 Å². The summed E-state index contributed by atoms with van der Waals surface area (Å²) < 4.78 is 2.07. The van der Waals surface area contributed by atoms with Crippen LogP contribution in [0.1, 0.15) is 36.0 Å². The number of hydrogen-bond acceptors (Lipinski definition) is 5. The Morgan fingerprint density at radius 1 is 1.22 bits per heavy atom. The third-order valence-corrected chi connectivity index (χ3v) is 5.07. The maximum Gasteiger partial charge on any atom is 0.254 e. The maximum atomic E-state index is 13.1. The number of nitrogens with zero attached hydrogens (tertiary/aromatic N) is 7. The lowest BCUT2D eigenvalue weighted by atomic mass is 9.98. The van der Waals surface area contributed by atoms with Crippen LogP contribution in [0.15, 0.2) is 43.0 Å². The van der Waals surface area contributed by atoms with E-state index < -0.39 is 0 Å². The molecule has 0 aliphatic carbocycles. The Morgan fingerprint density at radius 3 is 2.78 bits per heavy atom. The molecule has 0 bridgehead atoms. The van der Waals surface area contributed by atoms with Gasteiger partial charge >= 0.3 is 0 Å². The molecule has 1 aliphatic heterocycles. The van der Waals surface area contributed by atoms with Crippen LogP contribution >= 0.6 is 0 Å². The van der Waals surface area contributed by atoms with Crippen LogP contribution in [0.5, 0.6) is 0 Å². The SMILES string of the molecule is Cn1nnc(-c2ccc(C(=O)N3CCCC[C@@H]3CCn3ccnc3)cc2)n1. The molecule has 1 aromatic carbocycles. The molecule has 1 amide bonds. The van der Waals surface area contributed by atoms with E-state index in [0.717, 1.165) is 37.9 Å². The summed E-state index contributed by atoms with van der Waals surface area (Å²) in [5.41, 5.74) is 1.56. The van der Waals surface area contributed by atoms with E-state index in [1.54, 1.807) is 13.2 Å². The first-order valence-electron chi connectivity index (χ1n) is 9.32. The Kier molecular flexibility index (Phi) is 4.95. The zero-order chi connectivity index (χ0) is 18.6. The van der Waals surface area contributed by atoms with Crippen molar-refractivity contribution in [3.63, 3.8) is 0 Å². The molecule has 0 unspecified atom stereocenters. The van der Waals surface area contributed by atoms with Crippen LogP contribution in [0.3, 0.4) is 0 Å². The quantitative estimate of drug-likeness (QED) is 0.692. The zero-order valence-corrected chi connectivity index (χ0v) is 15.4. The highest BCUT2D eigenvalue weighted by molar-refractivity contribution is 5.94. The summed E-state index contributed by atoms with van der Waals surface area (Å²) in [5, 5.41) is 12.1. The highest BCUT2D eigenvalue weighted by Crippen LogP contribution is 2.23. The predicted octanol–water partition coefficient (Wildman–Crippen LogP) is 2.16. The van der Waals surface area contributed by atoms with E-state index in [4.69, 9.17) is 0 Å². The molecule has 8 heteroatoms. The highest BCUT2D eigenvalue weighted by atomic mass is 16.2. The van der Waals surface area contributed by atoms with Crippen LogP contribution in [0.25, 0.3) is 11.4 Å². The fraction of sp³-hybridized carbons (Fsp3) is 0.421. The van der Waals surface area contributed by atoms with Crippen molar-refractivity contribution in [2.75, 3.05) is 6.54 Å². The van der Waals surface area contributed by atoms with Gasteiger partial charge in [0, 0.05) is 42.7 Å². The molecule has 3 heterocycles. The van der Waals surface area contributed by atoms with Gasteiger partial charge in [-0.3, -0.25) is 4.79 Å². The molecule has 0 radical (unpaired) electrons. The number of amides is 1. The van der Waals surface area contributed by atoms with Gasteiger partial charge in [0.15, 0.2) is 0 Å². The Hall–Kier alpha value is -3.03. The van der Waals surface area contributed by atoms with Gasteiger partial charge in [0.2, 0.25) is 5.82 Å². The molecule has 4 rings (SSSR count). The molecule has 3 aromatic rings. The van der Waals surface area contributed by atoms with Crippen molar-refractivity contribution in [2.45, 2.75) is 38.3 Å². The Balaban J connectivity index is 1.46. The standard InChI is InChI=1S/C19H23N7O/c1-24-22-18(21-23-24)15-5-7-16(8-6-15)19(27)26-11-3-2-4-17(26)9-12-25-13-10-20-14-25/h5-8,10,13-14,17H,2-4,9,11-12H2,1H3/t17-/m1/s1. The van der Waals surface area contributed by atoms with Gasteiger partial charge < -0.3 is 9.47 Å². The summed E-state index contributed by atoms with van der Waals surface area (Å²) in [6.45, 7) is 1.70. The highest BCUT2D eigenvalue weighted by Gasteiger charge is 2.27. The fourth-order valence-corrected chi connectivity index (χ4v) is 3.61. The number of aromatic nitrogens is 6. The molecular weight excluding hydrogens is 342 g/mol. The molecule has 1 saturated heterocycles. The van der Waals surface area contributed by atoms with E-state index in [0.29, 0.717) is 11.4 Å². The molecule has 27 heavy (non-hydrogen) atoms. The molecule has 0 N–H and O–H groups in total. The second kappa shape index (κ2) is 7.69. The average molecular weight is 365 g/mol. The van der Waals surface area contributed by atoms with E-state index in [1.165, 1.54) is 11.2 Å². The molecule has 0 spiro atoms. The van der Waals surface area contributed by atoms with E-state index in [1.807, 2.05) is 41.7 Å². The largest absolute Gasteiger partial charge is 0.337 e. The summed E-state index contributed by atoms with van der Waals surface area (Å²) in [4.78, 5) is 20.6. The molecule has 1 fully saturated rings. The Labute approximate surface area is 157 Å². The summed E-state index contributed by atoms with van der Waals surface area (Å²) in [5.74, 6) is 0.664. The average Bonchev–Trinajstić information content (AvgIpc) is 3.38. The van der Waals surface area contributed by atoms with Crippen LogP contribution in [0, 0.1) is 0 Å². The van der Waals surface area contributed by atoms with Gasteiger partial charge in [0.1, 0.15) is 0 Å². The number of carbonyl (C=O) groups is 1. The minimum atomic E-state index is 0.101.